The van der Waals surface area contributed by atoms with Crippen LogP contribution >= 0.6 is 12.4 Å². The van der Waals surface area contributed by atoms with Crippen molar-refractivity contribution >= 4 is 29.4 Å². The number of nitrogens with one attached hydrogen (secondary N) is 2. The van der Waals surface area contributed by atoms with Gasteiger partial charge in [-0.3, -0.25) is 0 Å². The number of rotatable bonds is 4. The van der Waals surface area contributed by atoms with E-state index in [1.807, 2.05) is 0 Å². The Morgan fingerprint density at radius 2 is 2.08 bits per heavy atom. The lowest BCUT2D eigenvalue weighted by atomic mass is 10.1. The Kier molecular flexibility index (Phi) is 5.40. The van der Waals surface area contributed by atoms with E-state index in [1.165, 1.54) is 6.33 Å². The maximum absolute atomic E-state index is 10.3. The zero-order chi connectivity index (χ0) is 16.7. The van der Waals surface area contributed by atoms with Crippen molar-refractivity contribution < 1.29 is 15.3 Å². The molecule has 0 spiro atoms. The van der Waals surface area contributed by atoms with Crippen LogP contribution in [0.1, 0.15) is 18.9 Å². The maximum atomic E-state index is 10.3. The van der Waals surface area contributed by atoms with E-state index in [0.717, 1.165) is 19.5 Å². The van der Waals surface area contributed by atoms with Crippen molar-refractivity contribution in [1.29, 1.82) is 0 Å². The Bertz CT molecular complexity index is 722. The monoisotopic (exact) mass is 370 g/mol. The summed E-state index contributed by atoms with van der Waals surface area (Å²) in [6, 6.07) is -0.0519. The van der Waals surface area contributed by atoms with Gasteiger partial charge in [-0.1, -0.05) is 0 Å². The normalized spacial score (nSPS) is 32.0. The van der Waals surface area contributed by atoms with Gasteiger partial charge in [-0.15, -0.1) is 12.4 Å². The summed E-state index contributed by atoms with van der Waals surface area (Å²) in [6.07, 6.45) is 2.71. The first-order valence-corrected chi connectivity index (χ1v) is 8.31. The molecule has 1 saturated carbocycles. The van der Waals surface area contributed by atoms with E-state index < -0.39 is 12.2 Å². The number of fused-ring (bicyclic) bond motifs is 1. The fourth-order valence-corrected chi connectivity index (χ4v) is 3.73. The summed E-state index contributed by atoms with van der Waals surface area (Å²) >= 11 is 0. The predicted molar refractivity (Wildman–Crippen MR) is 93.7 cm³/mol. The summed E-state index contributed by atoms with van der Waals surface area (Å²) in [5.41, 5.74) is 1.27. The molecule has 1 saturated heterocycles. The van der Waals surface area contributed by atoms with Crippen LogP contribution in [0.5, 0.6) is 0 Å². The number of halogens is 1. The zero-order valence-corrected chi connectivity index (χ0v) is 14.4. The fraction of sp³-hybridized carbons (Fsp3) is 0.667. The number of imidazole rings is 1. The third-order valence-electron chi connectivity index (χ3n) is 5.12. The topological polar surface area (TPSA) is 128 Å². The first kappa shape index (κ1) is 18.3. The van der Waals surface area contributed by atoms with Gasteiger partial charge in [0.05, 0.1) is 18.5 Å². The van der Waals surface area contributed by atoms with E-state index in [9.17, 15) is 15.3 Å². The van der Waals surface area contributed by atoms with Crippen LogP contribution in [0, 0.1) is 5.92 Å². The van der Waals surface area contributed by atoms with Crippen LogP contribution in [0.25, 0.3) is 11.2 Å². The molecule has 2 fully saturated rings. The van der Waals surface area contributed by atoms with Crippen LogP contribution in [0.2, 0.25) is 0 Å². The Hall–Kier alpha value is -1.52. The number of aliphatic hydroxyl groups excluding tert-OH is 3. The van der Waals surface area contributed by atoms with E-state index in [4.69, 9.17) is 0 Å². The third kappa shape index (κ3) is 3.18. The summed E-state index contributed by atoms with van der Waals surface area (Å²) in [4.78, 5) is 13.0. The van der Waals surface area contributed by atoms with E-state index in [2.05, 4.69) is 25.6 Å². The summed E-state index contributed by atoms with van der Waals surface area (Å²) in [6.45, 7) is 1.71. The van der Waals surface area contributed by atoms with Crippen LogP contribution in [-0.2, 0) is 0 Å². The minimum absolute atomic E-state index is 0. The van der Waals surface area contributed by atoms with Crippen molar-refractivity contribution in [3.8, 4) is 0 Å². The van der Waals surface area contributed by atoms with Gasteiger partial charge in [0.2, 0.25) is 0 Å². The molecule has 4 rings (SSSR count). The van der Waals surface area contributed by atoms with Crippen molar-refractivity contribution in [2.45, 2.75) is 37.1 Å². The number of hydrogen-bond donors (Lipinski definition) is 5. The SMILES string of the molecule is Cl.OC[C@H]1CC(n2cnc3c(N[C@H]4CCNC4)ncnc32)[C@H](O)[C@@H]1O. The molecule has 1 aliphatic heterocycles. The van der Waals surface area contributed by atoms with Crippen molar-refractivity contribution in [2.24, 2.45) is 5.92 Å². The van der Waals surface area contributed by atoms with Gasteiger partial charge in [0.15, 0.2) is 11.5 Å². The first-order chi connectivity index (χ1) is 11.7. The highest BCUT2D eigenvalue weighted by Gasteiger charge is 2.42. The van der Waals surface area contributed by atoms with Gasteiger partial charge in [-0.05, 0) is 19.4 Å². The summed E-state index contributed by atoms with van der Waals surface area (Å²) in [5, 5.41) is 36.4. The highest BCUT2D eigenvalue weighted by molar-refractivity contribution is 5.85. The second kappa shape index (κ2) is 7.38. The molecule has 0 radical (unpaired) electrons. The molecule has 2 aliphatic rings. The van der Waals surface area contributed by atoms with Gasteiger partial charge < -0.3 is 30.5 Å². The largest absolute Gasteiger partial charge is 0.396 e. The average molecular weight is 371 g/mol. The second-order valence-corrected chi connectivity index (χ2v) is 6.61. The molecule has 1 aliphatic carbocycles. The Labute approximate surface area is 150 Å². The van der Waals surface area contributed by atoms with E-state index in [0.29, 0.717) is 29.4 Å². The number of hydrogen-bond acceptors (Lipinski definition) is 8. The number of anilines is 1. The number of nitrogens with zero attached hydrogens (tertiary/aromatic N) is 4. The van der Waals surface area contributed by atoms with Crippen LogP contribution < -0.4 is 10.6 Å². The summed E-state index contributed by atoms with van der Waals surface area (Å²) in [7, 11) is 0. The minimum Gasteiger partial charge on any atom is -0.396 e. The summed E-state index contributed by atoms with van der Waals surface area (Å²) in [5.74, 6) is 0.339. The Balaban J connectivity index is 0.00000182. The number of aliphatic hydroxyl groups is 3. The van der Waals surface area contributed by atoms with Crippen molar-refractivity contribution in [3.63, 3.8) is 0 Å². The van der Waals surface area contributed by atoms with Crippen molar-refractivity contribution in [3.05, 3.63) is 12.7 Å². The molecule has 2 aromatic heterocycles. The number of aromatic nitrogens is 4. The molecule has 9 nitrogen and oxygen atoms in total. The highest BCUT2D eigenvalue weighted by Crippen LogP contribution is 2.37. The third-order valence-corrected chi connectivity index (χ3v) is 5.12. The molecule has 2 aromatic rings. The molecule has 0 bridgehead atoms. The zero-order valence-electron chi connectivity index (χ0n) is 13.6. The highest BCUT2D eigenvalue weighted by atomic mass is 35.5. The quantitative estimate of drug-likeness (QED) is 0.478. The maximum Gasteiger partial charge on any atom is 0.165 e. The van der Waals surface area contributed by atoms with E-state index in [1.54, 1.807) is 10.9 Å². The standard InChI is InChI=1S/C15H22N6O3.ClH/c22-5-8-3-10(13(24)12(8)23)21-7-19-11-14(17-6-18-15(11)21)20-9-1-2-16-4-9;/h6-10,12-13,16,22-24H,1-5H2,(H,17,18,20);1H/t8-,9+,10?,12-,13+;/m1./s1. The van der Waals surface area contributed by atoms with Gasteiger partial charge in [-0.2, -0.15) is 0 Å². The molecule has 1 unspecified atom stereocenters. The Morgan fingerprint density at radius 3 is 2.76 bits per heavy atom. The second-order valence-electron chi connectivity index (χ2n) is 6.61. The van der Waals surface area contributed by atoms with Crippen LogP contribution in [0.15, 0.2) is 12.7 Å². The van der Waals surface area contributed by atoms with Crippen molar-refractivity contribution in [1.82, 2.24) is 24.8 Å². The molecule has 0 amide bonds. The molecule has 5 atom stereocenters. The van der Waals surface area contributed by atoms with Crippen LogP contribution in [-0.4, -0.2) is 72.8 Å². The fourth-order valence-electron chi connectivity index (χ4n) is 3.73. The molecule has 25 heavy (non-hydrogen) atoms. The molecule has 10 heteroatoms. The average Bonchev–Trinajstić information content (AvgIpc) is 3.30. The van der Waals surface area contributed by atoms with Gasteiger partial charge in [-0.25, -0.2) is 15.0 Å². The molecule has 0 aromatic carbocycles. The van der Waals surface area contributed by atoms with E-state index in [-0.39, 0.29) is 31.0 Å². The van der Waals surface area contributed by atoms with Crippen LogP contribution in [0.4, 0.5) is 5.82 Å². The van der Waals surface area contributed by atoms with E-state index >= 15 is 0 Å². The predicted octanol–water partition coefficient (Wildman–Crippen LogP) is -0.703. The molecular formula is C15H23ClN6O3. The molecule has 138 valence electrons. The molecule has 3 heterocycles. The molecule has 5 N–H and O–H groups in total. The van der Waals surface area contributed by atoms with Gasteiger partial charge >= 0.3 is 0 Å². The lowest BCUT2D eigenvalue weighted by Gasteiger charge is -2.18. The van der Waals surface area contributed by atoms with Crippen molar-refractivity contribution in [2.75, 3.05) is 25.0 Å². The summed E-state index contributed by atoms with van der Waals surface area (Å²) < 4.78 is 1.78. The lowest BCUT2D eigenvalue weighted by Crippen LogP contribution is -2.30. The smallest absolute Gasteiger partial charge is 0.165 e. The molecular weight excluding hydrogens is 348 g/mol. The Morgan fingerprint density at radius 1 is 1.24 bits per heavy atom. The lowest BCUT2D eigenvalue weighted by molar-refractivity contribution is -0.00370. The van der Waals surface area contributed by atoms with Crippen LogP contribution in [0.3, 0.4) is 0 Å². The minimum atomic E-state index is -0.954. The van der Waals surface area contributed by atoms with Gasteiger partial charge in [0.1, 0.15) is 17.9 Å². The van der Waals surface area contributed by atoms with Gasteiger partial charge in [0.25, 0.3) is 0 Å². The first-order valence-electron chi connectivity index (χ1n) is 8.31. The van der Waals surface area contributed by atoms with Gasteiger partial charge in [0, 0.05) is 25.1 Å².